The zero-order chi connectivity index (χ0) is 23.7. The van der Waals surface area contributed by atoms with E-state index < -0.39 is 0 Å². The minimum absolute atomic E-state index is 0.00977. The Morgan fingerprint density at radius 2 is 2.03 bits per heavy atom. The van der Waals surface area contributed by atoms with Crippen LogP contribution in [0.4, 0.5) is 11.4 Å². The summed E-state index contributed by atoms with van der Waals surface area (Å²) in [5.41, 5.74) is 5.02. The molecule has 3 heterocycles. The monoisotopic (exact) mass is 473 g/mol. The maximum absolute atomic E-state index is 11.9. The van der Waals surface area contributed by atoms with Crippen molar-refractivity contribution in [2.75, 3.05) is 10.2 Å². The van der Waals surface area contributed by atoms with Gasteiger partial charge < -0.3 is 20.1 Å². The number of rotatable bonds is 6. The molecule has 1 saturated carbocycles. The van der Waals surface area contributed by atoms with E-state index in [9.17, 15) is 4.79 Å². The van der Waals surface area contributed by atoms with Crippen LogP contribution < -0.4 is 15.5 Å². The number of nitrogens with one attached hydrogen (secondary N) is 2. The van der Waals surface area contributed by atoms with Gasteiger partial charge in [-0.1, -0.05) is 25.8 Å². The summed E-state index contributed by atoms with van der Waals surface area (Å²) < 4.78 is 2.38. The van der Waals surface area contributed by atoms with Gasteiger partial charge in [0.1, 0.15) is 0 Å². The Kier molecular flexibility index (Phi) is 6.37. The molecule has 0 spiro atoms. The topological polar surface area (TPSA) is 62.2 Å². The molecule has 0 radical (unpaired) electrons. The van der Waals surface area contributed by atoms with E-state index in [0.29, 0.717) is 17.6 Å². The lowest BCUT2D eigenvalue weighted by Crippen LogP contribution is -2.29. The number of amides is 1. The van der Waals surface area contributed by atoms with Gasteiger partial charge in [-0.05, 0) is 79.5 Å². The second kappa shape index (κ2) is 9.58. The fourth-order valence-electron chi connectivity index (χ4n) is 5.18. The van der Waals surface area contributed by atoms with Crippen LogP contribution in [-0.2, 0) is 4.79 Å². The number of pyridine rings is 1. The number of anilines is 2. The summed E-state index contributed by atoms with van der Waals surface area (Å²) in [7, 11) is 0. The molecule has 2 fully saturated rings. The van der Waals surface area contributed by atoms with E-state index in [-0.39, 0.29) is 18.0 Å². The van der Waals surface area contributed by atoms with Crippen LogP contribution in [0.1, 0.15) is 74.0 Å². The molecule has 34 heavy (non-hydrogen) atoms. The number of carbonyl (C=O) groups is 1. The van der Waals surface area contributed by atoms with Crippen molar-refractivity contribution in [1.29, 1.82) is 0 Å². The molecule has 176 valence electrons. The summed E-state index contributed by atoms with van der Waals surface area (Å²) in [6, 6.07) is 14.8. The predicted octanol–water partition coefficient (Wildman–Crippen LogP) is 5.83. The van der Waals surface area contributed by atoms with Crippen molar-refractivity contribution >= 4 is 34.6 Å². The minimum Gasteiger partial charge on any atom is -0.351 e. The number of nitrogens with zero attached hydrogens (tertiary/aromatic N) is 3. The molecular formula is C27H31N5OS. The quantitative estimate of drug-likeness (QED) is 0.441. The highest BCUT2D eigenvalue weighted by atomic mass is 32.1. The maximum atomic E-state index is 11.9. The summed E-state index contributed by atoms with van der Waals surface area (Å²) in [6.07, 6.45) is 11.9. The molecule has 2 atom stereocenters. The van der Waals surface area contributed by atoms with Crippen molar-refractivity contribution in [3.63, 3.8) is 0 Å². The van der Waals surface area contributed by atoms with E-state index in [4.69, 9.17) is 12.2 Å². The molecule has 2 N–H and O–H groups in total. The van der Waals surface area contributed by atoms with Gasteiger partial charge in [0, 0.05) is 42.4 Å². The third-order valence-electron chi connectivity index (χ3n) is 7.01. The van der Waals surface area contributed by atoms with Gasteiger partial charge in [-0.25, -0.2) is 0 Å². The average Bonchev–Trinajstić information content (AvgIpc) is 3.60. The van der Waals surface area contributed by atoms with Crippen molar-refractivity contribution in [2.24, 2.45) is 0 Å². The molecule has 6 nitrogen and oxygen atoms in total. The van der Waals surface area contributed by atoms with E-state index in [0.717, 1.165) is 22.6 Å². The number of hydrogen-bond acceptors (Lipinski definition) is 3. The molecule has 1 aromatic carbocycles. The fraction of sp³-hybridized carbons (Fsp3) is 0.370. The molecule has 1 aliphatic carbocycles. The Hall–Kier alpha value is -3.19. The Bertz CT molecular complexity index is 1180. The van der Waals surface area contributed by atoms with Gasteiger partial charge in [-0.15, -0.1) is 0 Å². The molecule has 7 heteroatoms. The third-order valence-corrected chi connectivity index (χ3v) is 7.32. The van der Waals surface area contributed by atoms with Crippen molar-refractivity contribution in [3.8, 4) is 0 Å². The lowest BCUT2D eigenvalue weighted by Gasteiger charge is -2.28. The summed E-state index contributed by atoms with van der Waals surface area (Å²) in [4.78, 5) is 18.8. The lowest BCUT2D eigenvalue weighted by molar-refractivity contribution is -0.115. The normalized spacial score (nSPS) is 20.5. The first-order chi connectivity index (χ1) is 16.5. The van der Waals surface area contributed by atoms with Gasteiger partial charge in [-0.2, -0.15) is 0 Å². The molecule has 0 bridgehead atoms. The number of aryl methyl sites for hydroxylation is 1. The van der Waals surface area contributed by atoms with Gasteiger partial charge in [0.05, 0.1) is 17.8 Å². The third kappa shape index (κ3) is 4.32. The Labute approximate surface area is 206 Å². The Morgan fingerprint density at radius 3 is 2.74 bits per heavy atom. The summed E-state index contributed by atoms with van der Waals surface area (Å²) >= 11 is 5.87. The van der Waals surface area contributed by atoms with Gasteiger partial charge >= 0.3 is 0 Å². The molecule has 0 unspecified atom stereocenters. The molecule has 2 aromatic heterocycles. The first-order valence-electron chi connectivity index (χ1n) is 12.1. The van der Waals surface area contributed by atoms with E-state index in [1.165, 1.54) is 31.2 Å². The zero-order valence-electron chi connectivity index (χ0n) is 19.7. The second-order valence-corrected chi connectivity index (χ2v) is 9.61. The number of thiocarbonyl (C=S) groups is 1. The molecule has 1 aliphatic heterocycles. The van der Waals surface area contributed by atoms with E-state index in [2.05, 4.69) is 55.7 Å². The Morgan fingerprint density at radius 1 is 1.21 bits per heavy atom. The smallest absolute Gasteiger partial charge is 0.224 e. The van der Waals surface area contributed by atoms with Crippen LogP contribution in [0.25, 0.3) is 0 Å². The zero-order valence-corrected chi connectivity index (χ0v) is 20.5. The number of benzene rings is 1. The van der Waals surface area contributed by atoms with Gasteiger partial charge in [0.2, 0.25) is 5.91 Å². The van der Waals surface area contributed by atoms with Crippen LogP contribution in [0.5, 0.6) is 0 Å². The second-order valence-electron chi connectivity index (χ2n) is 9.23. The predicted molar refractivity (Wildman–Crippen MR) is 140 cm³/mol. The van der Waals surface area contributed by atoms with Crippen LogP contribution >= 0.6 is 12.2 Å². The largest absolute Gasteiger partial charge is 0.351 e. The molecule has 5 rings (SSSR count). The van der Waals surface area contributed by atoms with Crippen LogP contribution in [0.2, 0.25) is 0 Å². The van der Waals surface area contributed by atoms with Crippen LogP contribution in [0.15, 0.2) is 61.1 Å². The van der Waals surface area contributed by atoms with Crippen molar-refractivity contribution in [3.05, 3.63) is 77.9 Å². The van der Waals surface area contributed by atoms with Crippen LogP contribution in [0.3, 0.4) is 0 Å². The number of carbonyl (C=O) groups excluding carboxylic acids is 1. The number of aromatic nitrogens is 2. The minimum atomic E-state index is -0.0621. The van der Waals surface area contributed by atoms with Crippen molar-refractivity contribution in [2.45, 2.75) is 64.1 Å². The summed E-state index contributed by atoms with van der Waals surface area (Å²) in [6.45, 7) is 3.87. The summed E-state index contributed by atoms with van der Waals surface area (Å²) in [5, 5.41) is 7.20. The summed E-state index contributed by atoms with van der Waals surface area (Å²) in [5.74, 6) is 0.00977. The van der Waals surface area contributed by atoms with Gasteiger partial charge in [-0.3, -0.25) is 9.78 Å². The van der Waals surface area contributed by atoms with Crippen LogP contribution in [0, 0.1) is 6.92 Å². The SMILES string of the molecule is CCC(=O)Nc1ccc(N2C(=S)N[C@@H](c3ccccn3)[C@H]2c2ccn(C3CCCC3)c2)cc1C. The van der Waals surface area contributed by atoms with Gasteiger partial charge in [0.15, 0.2) is 5.11 Å². The molecule has 1 amide bonds. The highest BCUT2D eigenvalue weighted by Gasteiger charge is 2.41. The highest BCUT2D eigenvalue weighted by Crippen LogP contribution is 2.43. The lowest BCUT2D eigenvalue weighted by atomic mass is 9.98. The molecular weight excluding hydrogens is 442 g/mol. The van der Waals surface area contributed by atoms with Crippen molar-refractivity contribution < 1.29 is 4.79 Å². The highest BCUT2D eigenvalue weighted by molar-refractivity contribution is 7.80. The molecule has 2 aliphatic rings. The molecule has 1 saturated heterocycles. The van der Waals surface area contributed by atoms with Crippen molar-refractivity contribution in [1.82, 2.24) is 14.9 Å². The maximum Gasteiger partial charge on any atom is 0.224 e. The average molecular weight is 474 g/mol. The fourth-order valence-corrected chi connectivity index (χ4v) is 5.53. The first-order valence-corrected chi connectivity index (χ1v) is 12.5. The number of hydrogen-bond donors (Lipinski definition) is 2. The molecule has 3 aromatic rings. The van der Waals surface area contributed by atoms with Crippen LogP contribution in [-0.4, -0.2) is 20.6 Å². The Balaban J connectivity index is 1.53. The van der Waals surface area contributed by atoms with E-state index in [1.807, 2.05) is 44.3 Å². The van der Waals surface area contributed by atoms with Gasteiger partial charge in [0.25, 0.3) is 0 Å². The van der Waals surface area contributed by atoms with E-state index in [1.54, 1.807) is 0 Å². The van der Waals surface area contributed by atoms with E-state index >= 15 is 0 Å². The first kappa shape index (κ1) is 22.6. The standard InChI is InChI=1S/C27H31N5OS/c1-3-24(33)29-22-12-11-21(16-18(22)2)32-26(19-13-15-31(17-19)20-8-4-5-9-20)25(30-27(32)34)23-10-6-7-14-28-23/h6-7,10-17,20,25-26H,3-5,8-9H2,1-2H3,(H,29,33)(H,30,34)/t25-,26+/m0/s1.